The second-order valence-electron chi connectivity index (χ2n) is 5.92. The number of piperazine rings is 1. The fraction of sp³-hybridized carbons (Fsp3) is 0.625. The van der Waals surface area contributed by atoms with Crippen molar-refractivity contribution in [1.29, 1.82) is 0 Å². The molecule has 23 heavy (non-hydrogen) atoms. The zero-order valence-electron chi connectivity index (χ0n) is 13.4. The molecule has 0 aliphatic carbocycles. The van der Waals surface area contributed by atoms with Gasteiger partial charge in [0.15, 0.2) is 5.76 Å². The molecule has 7 heteroatoms. The van der Waals surface area contributed by atoms with Crippen LogP contribution >= 0.6 is 0 Å². The van der Waals surface area contributed by atoms with Gasteiger partial charge in [-0.2, -0.15) is 0 Å². The first-order chi connectivity index (χ1) is 11.2. The molecule has 1 aromatic heterocycles. The van der Waals surface area contributed by atoms with Crippen LogP contribution in [-0.4, -0.2) is 85.0 Å². The van der Waals surface area contributed by atoms with Gasteiger partial charge in [0.1, 0.15) is 0 Å². The lowest BCUT2D eigenvalue weighted by Crippen LogP contribution is -2.56. The zero-order chi connectivity index (χ0) is 16.2. The number of amides is 2. The van der Waals surface area contributed by atoms with E-state index >= 15 is 0 Å². The lowest BCUT2D eigenvalue weighted by molar-refractivity contribution is -0.139. The molecule has 1 unspecified atom stereocenters. The number of furan rings is 1. The predicted octanol–water partition coefficient (Wildman–Crippen LogP) is 0.285. The van der Waals surface area contributed by atoms with E-state index in [4.69, 9.17) is 9.15 Å². The third kappa shape index (κ3) is 3.56. The highest BCUT2D eigenvalue weighted by atomic mass is 16.5. The summed E-state index contributed by atoms with van der Waals surface area (Å²) in [6.45, 7) is 7.13. The van der Waals surface area contributed by atoms with Crippen molar-refractivity contribution in [1.82, 2.24) is 14.7 Å². The third-order valence-electron chi connectivity index (χ3n) is 4.56. The van der Waals surface area contributed by atoms with Gasteiger partial charge >= 0.3 is 0 Å². The van der Waals surface area contributed by atoms with Crippen LogP contribution in [-0.2, 0) is 9.53 Å². The molecular weight excluding hydrogens is 298 g/mol. The van der Waals surface area contributed by atoms with E-state index in [0.29, 0.717) is 45.2 Å². The van der Waals surface area contributed by atoms with Crippen molar-refractivity contribution in [3.8, 4) is 0 Å². The maximum atomic E-state index is 12.6. The highest BCUT2D eigenvalue weighted by Gasteiger charge is 2.31. The van der Waals surface area contributed by atoms with Crippen LogP contribution in [0.5, 0.6) is 0 Å². The highest BCUT2D eigenvalue weighted by Crippen LogP contribution is 2.12. The van der Waals surface area contributed by atoms with Gasteiger partial charge in [-0.1, -0.05) is 0 Å². The SMILES string of the molecule is CC(C(=O)N1CCN(C(=O)c2ccco2)CC1)N1CCOCC1. The van der Waals surface area contributed by atoms with E-state index in [1.54, 1.807) is 17.0 Å². The minimum Gasteiger partial charge on any atom is -0.459 e. The molecule has 0 radical (unpaired) electrons. The van der Waals surface area contributed by atoms with Crippen molar-refractivity contribution in [3.05, 3.63) is 24.2 Å². The number of hydrogen-bond donors (Lipinski definition) is 0. The Labute approximate surface area is 135 Å². The van der Waals surface area contributed by atoms with E-state index in [1.165, 1.54) is 6.26 Å². The average molecular weight is 321 g/mol. The summed E-state index contributed by atoms with van der Waals surface area (Å²) in [4.78, 5) is 30.6. The van der Waals surface area contributed by atoms with Gasteiger partial charge in [0.25, 0.3) is 5.91 Å². The molecule has 0 bridgehead atoms. The first-order valence-electron chi connectivity index (χ1n) is 8.10. The minimum atomic E-state index is -0.133. The summed E-state index contributed by atoms with van der Waals surface area (Å²) in [6.07, 6.45) is 1.50. The molecule has 2 aliphatic heterocycles. The quantitative estimate of drug-likeness (QED) is 0.800. The zero-order valence-corrected chi connectivity index (χ0v) is 13.4. The standard InChI is InChI=1S/C16H23N3O4/c1-13(17-8-11-22-12-9-17)15(20)18-4-6-19(7-5-18)16(21)14-3-2-10-23-14/h2-3,10,13H,4-9,11-12H2,1H3. The van der Waals surface area contributed by atoms with Crippen LogP contribution in [0.2, 0.25) is 0 Å². The molecule has 126 valence electrons. The summed E-state index contributed by atoms with van der Waals surface area (Å²) in [7, 11) is 0. The van der Waals surface area contributed by atoms with E-state index < -0.39 is 0 Å². The number of nitrogens with zero attached hydrogens (tertiary/aromatic N) is 3. The summed E-state index contributed by atoms with van der Waals surface area (Å²) in [5.41, 5.74) is 0. The van der Waals surface area contributed by atoms with Gasteiger partial charge in [0.2, 0.25) is 5.91 Å². The van der Waals surface area contributed by atoms with Crippen LogP contribution in [0.3, 0.4) is 0 Å². The number of morpholine rings is 1. The molecule has 0 aromatic carbocycles. The maximum Gasteiger partial charge on any atom is 0.289 e. The third-order valence-corrected chi connectivity index (χ3v) is 4.56. The molecule has 7 nitrogen and oxygen atoms in total. The summed E-state index contributed by atoms with van der Waals surface area (Å²) < 4.78 is 10.5. The van der Waals surface area contributed by atoms with E-state index in [9.17, 15) is 9.59 Å². The van der Waals surface area contributed by atoms with Crippen molar-refractivity contribution in [2.45, 2.75) is 13.0 Å². The molecule has 3 heterocycles. The molecular formula is C16H23N3O4. The fourth-order valence-electron chi connectivity index (χ4n) is 3.07. The van der Waals surface area contributed by atoms with E-state index in [-0.39, 0.29) is 17.9 Å². The number of carbonyl (C=O) groups excluding carboxylic acids is 2. The normalized spacial score (nSPS) is 21.3. The molecule has 2 amide bonds. The molecule has 1 atom stereocenters. The van der Waals surface area contributed by atoms with Crippen LogP contribution in [0.1, 0.15) is 17.5 Å². The Balaban J connectivity index is 1.52. The largest absolute Gasteiger partial charge is 0.459 e. The summed E-state index contributed by atoms with van der Waals surface area (Å²) >= 11 is 0. The van der Waals surface area contributed by atoms with Crippen LogP contribution in [0.15, 0.2) is 22.8 Å². The Hall–Kier alpha value is -1.86. The van der Waals surface area contributed by atoms with Crippen molar-refractivity contribution >= 4 is 11.8 Å². The lowest BCUT2D eigenvalue weighted by atomic mass is 10.2. The molecule has 1 aromatic rings. The first kappa shape index (κ1) is 16.0. The van der Waals surface area contributed by atoms with Crippen molar-refractivity contribution in [2.24, 2.45) is 0 Å². The lowest BCUT2D eigenvalue weighted by Gasteiger charge is -2.38. The molecule has 0 spiro atoms. The summed E-state index contributed by atoms with van der Waals surface area (Å²) in [5.74, 6) is 0.381. The predicted molar refractivity (Wildman–Crippen MR) is 83.0 cm³/mol. The second kappa shape index (κ2) is 7.14. The Kier molecular flexibility index (Phi) is 4.97. The van der Waals surface area contributed by atoms with Crippen LogP contribution in [0, 0.1) is 0 Å². The number of carbonyl (C=O) groups is 2. The number of hydrogen-bond acceptors (Lipinski definition) is 5. The van der Waals surface area contributed by atoms with Gasteiger partial charge in [0.05, 0.1) is 25.5 Å². The molecule has 2 aliphatic rings. The topological polar surface area (TPSA) is 66.2 Å². The van der Waals surface area contributed by atoms with Crippen molar-refractivity contribution in [3.63, 3.8) is 0 Å². The van der Waals surface area contributed by atoms with Gasteiger partial charge in [0, 0.05) is 39.3 Å². The summed E-state index contributed by atoms with van der Waals surface area (Å²) in [6, 6.07) is 3.24. The maximum absolute atomic E-state index is 12.6. The van der Waals surface area contributed by atoms with Crippen LogP contribution < -0.4 is 0 Å². The monoisotopic (exact) mass is 321 g/mol. The van der Waals surface area contributed by atoms with E-state index in [2.05, 4.69) is 4.90 Å². The Morgan fingerprint density at radius 1 is 1.04 bits per heavy atom. The van der Waals surface area contributed by atoms with Gasteiger partial charge < -0.3 is 19.0 Å². The Morgan fingerprint density at radius 2 is 1.70 bits per heavy atom. The van der Waals surface area contributed by atoms with Gasteiger partial charge in [-0.25, -0.2) is 0 Å². The van der Waals surface area contributed by atoms with Crippen molar-refractivity contribution < 1.29 is 18.7 Å². The molecule has 0 saturated carbocycles. The molecule has 3 rings (SSSR count). The van der Waals surface area contributed by atoms with Crippen LogP contribution in [0.4, 0.5) is 0 Å². The first-order valence-corrected chi connectivity index (χ1v) is 8.10. The van der Waals surface area contributed by atoms with Crippen molar-refractivity contribution in [2.75, 3.05) is 52.5 Å². The number of rotatable bonds is 3. The van der Waals surface area contributed by atoms with Gasteiger partial charge in [-0.15, -0.1) is 0 Å². The molecule has 2 fully saturated rings. The molecule has 2 saturated heterocycles. The van der Waals surface area contributed by atoms with Gasteiger partial charge in [-0.05, 0) is 19.1 Å². The highest BCUT2D eigenvalue weighted by molar-refractivity contribution is 5.91. The minimum absolute atomic E-state index is 0.108. The van der Waals surface area contributed by atoms with Gasteiger partial charge in [-0.3, -0.25) is 14.5 Å². The van der Waals surface area contributed by atoms with E-state index in [1.807, 2.05) is 11.8 Å². The smallest absolute Gasteiger partial charge is 0.289 e. The van der Waals surface area contributed by atoms with E-state index in [0.717, 1.165) is 13.1 Å². The van der Waals surface area contributed by atoms with Crippen LogP contribution in [0.25, 0.3) is 0 Å². The Morgan fingerprint density at radius 3 is 2.30 bits per heavy atom. The molecule has 0 N–H and O–H groups in total. The second-order valence-corrected chi connectivity index (χ2v) is 5.92. The fourth-order valence-corrected chi connectivity index (χ4v) is 3.07. The Bertz CT molecular complexity index is 532. The summed E-state index contributed by atoms with van der Waals surface area (Å²) in [5, 5.41) is 0. The number of ether oxygens (including phenoxy) is 1. The average Bonchev–Trinajstić information content (AvgIpc) is 3.15.